The largest absolute Gasteiger partial charge is 0.494 e. The van der Waals surface area contributed by atoms with Crippen LogP contribution >= 0.6 is 0 Å². The monoisotopic (exact) mass is 449 g/mol. The van der Waals surface area contributed by atoms with Crippen molar-refractivity contribution in [2.45, 2.75) is 46.1 Å². The molecule has 0 unspecified atom stereocenters. The smallest absolute Gasteiger partial charge is 0.321 e. The fraction of sp³-hybridized carbons (Fsp3) is 0.423. The number of para-hydroxylation sites is 3. The van der Waals surface area contributed by atoms with Crippen LogP contribution in [0.2, 0.25) is 0 Å². The van der Waals surface area contributed by atoms with Crippen LogP contribution in [0.15, 0.2) is 48.5 Å². The van der Waals surface area contributed by atoms with Gasteiger partial charge in [0.2, 0.25) is 11.9 Å². The first-order chi connectivity index (χ1) is 16.1. The zero-order chi connectivity index (χ0) is 23.4. The van der Waals surface area contributed by atoms with Gasteiger partial charge < -0.3 is 14.0 Å². The standard InChI is InChI=1S/C26H31N3O4/c1-4-7-12-17-28-24(30)22(25(31)33-6-3)23(18-13-8-11-16-21(18)32-5-2)29-20-15-10-9-14-19(20)27-26(28)29/h8-11,13-16,22-23H,4-7,12,17H2,1-3H3/t22-,23-/m0/s1. The van der Waals surface area contributed by atoms with Crippen molar-refractivity contribution in [3.8, 4) is 5.75 Å². The molecule has 1 aliphatic heterocycles. The van der Waals surface area contributed by atoms with Crippen LogP contribution in [0.5, 0.6) is 5.75 Å². The second-order valence-electron chi connectivity index (χ2n) is 8.11. The van der Waals surface area contributed by atoms with Crippen molar-refractivity contribution in [2.24, 2.45) is 5.92 Å². The second-order valence-corrected chi connectivity index (χ2v) is 8.11. The highest BCUT2D eigenvalue weighted by molar-refractivity contribution is 6.08. The number of amides is 1. The highest BCUT2D eigenvalue weighted by Gasteiger charge is 2.48. The number of imidazole rings is 1. The zero-order valence-electron chi connectivity index (χ0n) is 19.5. The van der Waals surface area contributed by atoms with Crippen LogP contribution < -0.4 is 9.64 Å². The normalized spacial score (nSPS) is 17.8. The van der Waals surface area contributed by atoms with E-state index in [-0.39, 0.29) is 12.5 Å². The Hall–Kier alpha value is -3.35. The van der Waals surface area contributed by atoms with Crippen molar-refractivity contribution >= 4 is 28.9 Å². The summed E-state index contributed by atoms with van der Waals surface area (Å²) >= 11 is 0. The predicted octanol–water partition coefficient (Wildman–Crippen LogP) is 4.74. The average molecular weight is 450 g/mol. The first kappa shape index (κ1) is 22.8. The van der Waals surface area contributed by atoms with Crippen molar-refractivity contribution in [3.05, 3.63) is 54.1 Å². The zero-order valence-corrected chi connectivity index (χ0v) is 19.5. The molecule has 0 bridgehead atoms. The molecule has 0 fully saturated rings. The van der Waals surface area contributed by atoms with Crippen molar-refractivity contribution in [1.29, 1.82) is 0 Å². The van der Waals surface area contributed by atoms with E-state index in [1.54, 1.807) is 11.8 Å². The summed E-state index contributed by atoms with van der Waals surface area (Å²) in [4.78, 5) is 33.6. The van der Waals surface area contributed by atoms with Crippen LogP contribution in [0.25, 0.3) is 11.0 Å². The summed E-state index contributed by atoms with van der Waals surface area (Å²) in [6, 6.07) is 14.7. The lowest BCUT2D eigenvalue weighted by molar-refractivity contribution is -0.153. The third kappa shape index (κ3) is 4.19. The maximum absolute atomic E-state index is 13.9. The molecule has 1 aromatic heterocycles. The third-order valence-corrected chi connectivity index (χ3v) is 6.01. The first-order valence-electron chi connectivity index (χ1n) is 11.8. The van der Waals surface area contributed by atoms with Gasteiger partial charge in [-0.05, 0) is 38.5 Å². The molecule has 1 amide bonds. The highest BCUT2D eigenvalue weighted by atomic mass is 16.5. The van der Waals surface area contributed by atoms with Crippen molar-refractivity contribution < 1.29 is 19.1 Å². The van der Waals surface area contributed by atoms with Crippen LogP contribution in [0.1, 0.15) is 51.6 Å². The summed E-state index contributed by atoms with van der Waals surface area (Å²) in [5, 5.41) is 0. The van der Waals surface area contributed by atoms with Gasteiger partial charge in [0.15, 0.2) is 5.92 Å². The number of hydrogen-bond donors (Lipinski definition) is 0. The lowest BCUT2D eigenvalue weighted by atomic mass is 9.88. The Morgan fingerprint density at radius 3 is 2.52 bits per heavy atom. The Bertz CT molecular complexity index is 1140. The average Bonchev–Trinajstić information content (AvgIpc) is 3.20. The van der Waals surface area contributed by atoms with E-state index in [2.05, 4.69) is 6.92 Å². The van der Waals surface area contributed by atoms with Gasteiger partial charge in [-0.15, -0.1) is 0 Å². The van der Waals surface area contributed by atoms with Gasteiger partial charge in [0.1, 0.15) is 5.75 Å². The van der Waals surface area contributed by atoms with Crippen LogP contribution in [0.4, 0.5) is 5.95 Å². The molecular formula is C26H31N3O4. The lowest BCUT2D eigenvalue weighted by Crippen LogP contribution is -2.50. The van der Waals surface area contributed by atoms with Crippen LogP contribution in [0.3, 0.4) is 0 Å². The number of anilines is 1. The Morgan fingerprint density at radius 1 is 1.00 bits per heavy atom. The van der Waals surface area contributed by atoms with E-state index < -0.39 is 17.9 Å². The van der Waals surface area contributed by atoms with Gasteiger partial charge in [-0.25, -0.2) is 4.98 Å². The van der Waals surface area contributed by atoms with Crippen molar-refractivity contribution in [3.63, 3.8) is 0 Å². The molecule has 2 heterocycles. The molecule has 33 heavy (non-hydrogen) atoms. The number of esters is 1. The summed E-state index contributed by atoms with van der Waals surface area (Å²) < 4.78 is 13.3. The molecule has 3 aromatic rings. The minimum absolute atomic E-state index is 0.204. The van der Waals surface area contributed by atoms with Gasteiger partial charge in [-0.2, -0.15) is 0 Å². The minimum atomic E-state index is -1.03. The van der Waals surface area contributed by atoms with Crippen molar-refractivity contribution in [1.82, 2.24) is 9.55 Å². The number of nitrogens with zero attached hydrogens (tertiary/aromatic N) is 3. The van der Waals surface area contributed by atoms with Gasteiger partial charge in [-0.3, -0.25) is 14.5 Å². The van der Waals surface area contributed by atoms with Gasteiger partial charge in [0, 0.05) is 12.1 Å². The number of ether oxygens (including phenoxy) is 2. The quantitative estimate of drug-likeness (QED) is 0.268. The lowest BCUT2D eigenvalue weighted by Gasteiger charge is -2.38. The van der Waals surface area contributed by atoms with Gasteiger partial charge in [0.25, 0.3) is 0 Å². The Balaban J connectivity index is 1.96. The van der Waals surface area contributed by atoms with Crippen molar-refractivity contribution in [2.75, 3.05) is 24.7 Å². The maximum Gasteiger partial charge on any atom is 0.321 e. The molecule has 0 saturated carbocycles. The fourth-order valence-electron chi connectivity index (χ4n) is 4.57. The van der Waals surface area contributed by atoms with E-state index in [9.17, 15) is 9.59 Å². The number of unbranched alkanes of at least 4 members (excludes halogenated alkanes) is 2. The molecule has 2 aromatic carbocycles. The Labute approximate surface area is 194 Å². The number of carbonyl (C=O) groups is 2. The van der Waals surface area contributed by atoms with Crippen LogP contribution in [-0.4, -0.2) is 41.2 Å². The topological polar surface area (TPSA) is 73.7 Å². The second kappa shape index (κ2) is 10.1. The number of aromatic nitrogens is 2. The SMILES string of the molecule is CCCCCN1C(=O)[C@@H](C(=O)OCC)[C@H](c2ccccc2OCC)n2c1nc1ccccc12. The van der Waals surface area contributed by atoms with Crippen LogP contribution in [-0.2, 0) is 14.3 Å². The molecule has 7 nitrogen and oxygen atoms in total. The highest BCUT2D eigenvalue weighted by Crippen LogP contribution is 2.43. The minimum Gasteiger partial charge on any atom is -0.494 e. The molecule has 0 spiro atoms. The molecule has 2 atom stereocenters. The van der Waals surface area contributed by atoms with E-state index in [1.807, 2.05) is 60.0 Å². The summed E-state index contributed by atoms with van der Waals surface area (Å²) in [5.74, 6) is -0.617. The van der Waals surface area contributed by atoms with Crippen LogP contribution in [0, 0.1) is 5.92 Å². The summed E-state index contributed by atoms with van der Waals surface area (Å²) in [6.45, 7) is 6.98. The molecule has 1 aliphatic rings. The third-order valence-electron chi connectivity index (χ3n) is 6.01. The summed E-state index contributed by atoms with van der Waals surface area (Å²) in [6.07, 6.45) is 2.86. The molecule has 4 rings (SSSR count). The summed E-state index contributed by atoms with van der Waals surface area (Å²) in [7, 11) is 0. The van der Waals surface area contributed by atoms with E-state index in [4.69, 9.17) is 14.5 Å². The molecular weight excluding hydrogens is 418 g/mol. The number of fused-ring (bicyclic) bond motifs is 3. The predicted molar refractivity (Wildman–Crippen MR) is 127 cm³/mol. The van der Waals surface area contributed by atoms with E-state index in [0.29, 0.717) is 24.8 Å². The van der Waals surface area contributed by atoms with Gasteiger partial charge >= 0.3 is 5.97 Å². The molecule has 174 valence electrons. The van der Waals surface area contributed by atoms with Gasteiger partial charge in [-0.1, -0.05) is 50.1 Å². The van der Waals surface area contributed by atoms with E-state index >= 15 is 0 Å². The number of carbonyl (C=O) groups excluding carboxylic acids is 2. The Kier molecular flexibility index (Phi) is 6.96. The van der Waals surface area contributed by atoms with Gasteiger partial charge in [0.05, 0.1) is 30.3 Å². The van der Waals surface area contributed by atoms with E-state index in [0.717, 1.165) is 35.9 Å². The molecule has 0 N–H and O–H groups in total. The number of hydrogen-bond acceptors (Lipinski definition) is 5. The summed E-state index contributed by atoms with van der Waals surface area (Å²) in [5.41, 5.74) is 2.42. The fourth-order valence-corrected chi connectivity index (χ4v) is 4.57. The number of benzene rings is 2. The molecule has 0 aliphatic carbocycles. The molecule has 0 saturated heterocycles. The first-order valence-corrected chi connectivity index (χ1v) is 11.8. The molecule has 7 heteroatoms. The van der Waals surface area contributed by atoms with E-state index in [1.165, 1.54) is 0 Å². The Morgan fingerprint density at radius 2 is 1.76 bits per heavy atom. The molecule has 0 radical (unpaired) electrons. The number of rotatable bonds is 9. The maximum atomic E-state index is 13.9.